The third-order valence-electron chi connectivity index (χ3n) is 13.0. The van der Waals surface area contributed by atoms with E-state index in [1.807, 2.05) is 72.8 Å². The summed E-state index contributed by atoms with van der Waals surface area (Å²) in [7, 11) is 0. The minimum Gasteiger partial charge on any atom is -0.458 e. The summed E-state index contributed by atoms with van der Waals surface area (Å²) >= 11 is 0. The van der Waals surface area contributed by atoms with Gasteiger partial charge in [0.05, 0.1) is 25.4 Å². The molecule has 3 aromatic carbocycles. The minimum atomic E-state index is -1.43. The van der Waals surface area contributed by atoms with Gasteiger partial charge in [0.2, 0.25) is 17.6 Å². The normalized spacial score (nSPS) is 35.2. The molecule has 10 atom stereocenters. The van der Waals surface area contributed by atoms with Gasteiger partial charge >= 0.3 is 5.97 Å². The molecule has 5 aliphatic heterocycles. The van der Waals surface area contributed by atoms with Gasteiger partial charge in [0.15, 0.2) is 6.04 Å². The first-order valence-electron chi connectivity index (χ1n) is 20.1. The van der Waals surface area contributed by atoms with E-state index in [0.29, 0.717) is 37.5 Å². The number of epoxide rings is 1. The molecular weight excluding hydrogens is 714 g/mol. The van der Waals surface area contributed by atoms with Crippen LogP contribution < -0.4 is 5.32 Å². The molecule has 2 saturated carbocycles. The molecule has 5 saturated heterocycles. The third kappa shape index (κ3) is 5.92. The van der Waals surface area contributed by atoms with Crippen molar-refractivity contribution in [1.82, 2.24) is 15.3 Å². The molecule has 12 nitrogen and oxygen atoms in total. The number of hydroxylamine groups is 2. The van der Waals surface area contributed by atoms with Crippen molar-refractivity contribution in [3.63, 3.8) is 0 Å². The lowest BCUT2D eigenvalue weighted by atomic mass is 9.62. The lowest BCUT2D eigenvalue weighted by molar-refractivity contribution is -0.214. The summed E-state index contributed by atoms with van der Waals surface area (Å²) in [5, 5.41) is 13.8. The van der Waals surface area contributed by atoms with Gasteiger partial charge in [-0.15, -0.1) is 0 Å². The van der Waals surface area contributed by atoms with Crippen molar-refractivity contribution in [2.24, 2.45) is 11.3 Å². The van der Waals surface area contributed by atoms with E-state index in [1.54, 1.807) is 9.96 Å². The molecule has 0 aromatic heterocycles. The highest BCUT2D eigenvalue weighted by Gasteiger charge is 2.77. The number of aliphatic hydroxyl groups is 1. The van der Waals surface area contributed by atoms with Crippen LogP contribution in [0.4, 0.5) is 0 Å². The Hall–Kier alpha value is -4.43. The number of carbonyl (C=O) groups is 3. The SMILES string of the molecule is O=C(NCCO)C1CCCN1C(=O)C12CC3OC(=O)C1N(Cc1ccc(C=CC4CCC5OC5C4)cc1)OC2C1OC(c2ccccc2)(c2ccccc2)OC31. The molecule has 0 spiro atoms. The summed E-state index contributed by atoms with van der Waals surface area (Å²) < 4.78 is 26.1. The van der Waals surface area contributed by atoms with Crippen LogP contribution >= 0.6 is 0 Å². The molecule has 0 radical (unpaired) electrons. The number of esters is 1. The summed E-state index contributed by atoms with van der Waals surface area (Å²) in [5.41, 5.74) is 2.07. The molecule has 10 unspecified atom stereocenters. The smallest absolute Gasteiger partial charge is 0.327 e. The Labute approximate surface area is 325 Å². The molecule has 2 N–H and O–H groups in total. The average molecular weight is 762 g/mol. The Balaban J connectivity index is 0.998. The second kappa shape index (κ2) is 14.2. The number of nitrogens with one attached hydrogen (secondary N) is 1. The van der Waals surface area contributed by atoms with E-state index in [9.17, 15) is 14.7 Å². The molecule has 7 aliphatic rings. The number of amides is 2. The van der Waals surface area contributed by atoms with Gasteiger partial charge in [-0.1, -0.05) is 97.1 Å². The lowest BCUT2D eigenvalue weighted by Gasteiger charge is -2.50. The standard InChI is InChI=1S/C44H47N3O9/c48-23-21-45-40(49)32-12-7-22-46(32)42(51)43-25-35-36-37(55-44(54-36,30-8-3-1-4-9-30)31-10-5-2-6-11-31)39(43)56-47(38(43)41(50)53-35)26-29-17-14-27(15-18-29)13-16-28-19-20-33-34(24-28)52-33/h1-6,8-11,13-18,28,32-39,48H,7,12,19-26H2,(H,45,49). The fourth-order valence-corrected chi connectivity index (χ4v) is 10.3. The molecule has 2 aliphatic carbocycles. The van der Waals surface area contributed by atoms with Gasteiger partial charge in [0.25, 0.3) is 0 Å². The highest BCUT2D eigenvalue weighted by atomic mass is 16.8. The summed E-state index contributed by atoms with van der Waals surface area (Å²) in [6, 6.07) is 25.6. The number of benzene rings is 3. The number of hydrogen-bond donors (Lipinski definition) is 2. The molecule has 56 heavy (non-hydrogen) atoms. The Bertz CT molecular complexity index is 1960. The summed E-state index contributed by atoms with van der Waals surface area (Å²) in [6.45, 7) is 0.435. The number of nitrogens with zero attached hydrogens (tertiary/aromatic N) is 2. The van der Waals surface area contributed by atoms with Crippen molar-refractivity contribution < 1.29 is 43.3 Å². The maximum atomic E-state index is 15.4. The molecule has 12 heteroatoms. The third-order valence-corrected chi connectivity index (χ3v) is 13.0. The zero-order valence-corrected chi connectivity index (χ0v) is 31.1. The molecule has 2 bridgehead atoms. The maximum absolute atomic E-state index is 15.4. The minimum absolute atomic E-state index is 0.0834. The van der Waals surface area contributed by atoms with Crippen LogP contribution in [0.5, 0.6) is 0 Å². The van der Waals surface area contributed by atoms with E-state index in [4.69, 9.17) is 23.8 Å². The van der Waals surface area contributed by atoms with Crippen LogP contribution in [0.15, 0.2) is 91.0 Å². The first-order chi connectivity index (χ1) is 27.4. The van der Waals surface area contributed by atoms with E-state index in [2.05, 4.69) is 29.6 Å². The molecule has 10 rings (SSSR count). The van der Waals surface area contributed by atoms with Crippen LogP contribution in [0.3, 0.4) is 0 Å². The zero-order valence-electron chi connectivity index (χ0n) is 31.1. The number of aliphatic hydroxyl groups excluding tert-OH is 1. The van der Waals surface area contributed by atoms with Crippen molar-refractivity contribution in [2.45, 2.75) is 99.6 Å². The van der Waals surface area contributed by atoms with Gasteiger partial charge in [0, 0.05) is 30.6 Å². The van der Waals surface area contributed by atoms with Crippen molar-refractivity contribution in [3.05, 3.63) is 113 Å². The van der Waals surface area contributed by atoms with Crippen molar-refractivity contribution in [3.8, 4) is 0 Å². The van der Waals surface area contributed by atoms with E-state index < -0.39 is 53.7 Å². The Morgan fingerprint density at radius 3 is 2.32 bits per heavy atom. The van der Waals surface area contributed by atoms with E-state index in [1.165, 1.54) is 0 Å². The van der Waals surface area contributed by atoms with E-state index in [-0.39, 0.29) is 37.9 Å². The maximum Gasteiger partial charge on any atom is 0.327 e. The number of hydrogen-bond acceptors (Lipinski definition) is 10. The summed E-state index contributed by atoms with van der Waals surface area (Å²) in [4.78, 5) is 51.6. The van der Waals surface area contributed by atoms with Crippen molar-refractivity contribution in [2.75, 3.05) is 19.7 Å². The summed E-state index contributed by atoms with van der Waals surface area (Å²) in [5.74, 6) is -2.08. The van der Waals surface area contributed by atoms with Gasteiger partial charge in [-0.25, -0.2) is 0 Å². The number of fused-ring (bicyclic) bond motifs is 5. The van der Waals surface area contributed by atoms with Crippen LogP contribution in [0, 0.1) is 11.3 Å². The predicted octanol–water partition coefficient (Wildman–Crippen LogP) is 3.85. The molecule has 3 aromatic rings. The van der Waals surface area contributed by atoms with Crippen LogP contribution in [0.25, 0.3) is 6.08 Å². The van der Waals surface area contributed by atoms with E-state index >= 15 is 4.79 Å². The monoisotopic (exact) mass is 761 g/mol. The number of likely N-dealkylation sites (tertiary alicyclic amines) is 1. The zero-order chi connectivity index (χ0) is 38.0. The highest BCUT2D eigenvalue weighted by Crippen LogP contribution is 2.60. The van der Waals surface area contributed by atoms with Crippen molar-refractivity contribution >= 4 is 23.9 Å². The highest BCUT2D eigenvalue weighted by molar-refractivity contribution is 5.96. The van der Waals surface area contributed by atoms with Gasteiger partial charge in [-0.3, -0.25) is 19.2 Å². The largest absolute Gasteiger partial charge is 0.458 e. The Morgan fingerprint density at radius 1 is 0.875 bits per heavy atom. The van der Waals surface area contributed by atoms with Crippen molar-refractivity contribution in [1.29, 1.82) is 0 Å². The molecule has 5 heterocycles. The number of carbonyl (C=O) groups excluding carboxylic acids is 3. The number of rotatable bonds is 10. The second-order valence-corrected chi connectivity index (χ2v) is 16.3. The summed E-state index contributed by atoms with van der Waals surface area (Å²) in [6.07, 6.45) is 6.62. The van der Waals surface area contributed by atoms with Crippen LogP contribution in [-0.2, 0) is 50.5 Å². The topological polar surface area (TPSA) is 139 Å². The molecule has 292 valence electrons. The van der Waals surface area contributed by atoms with Crippen LogP contribution in [0.2, 0.25) is 0 Å². The quantitative estimate of drug-likeness (QED) is 0.232. The van der Waals surface area contributed by atoms with Gasteiger partial charge in [0.1, 0.15) is 35.9 Å². The Kier molecular flexibility index (Phi) is 9.11. The molecule has 2 amide bonds. The van der Waals surface area contributed by atoms with Gasteiger partial charge in [-0.2, -0.15) is 5.06 Å². The second-order valence-electron chi connectivity index (χ2n) is 16.3. The lowest BCUT2D eigenvalue weighted by Crippen LogP contribution is -2.70. The average Bonchev–Trinajstić information content (AvgIpc) is 3.51. The predicted molar refractivity (Wildman–Crippen MR) is 201 cm³/mol. The Morgan fingerprint density at radius 2 is 1.61 bits per heavy atom. The van der Waals surface area contributed by atoms with Crippen LogP contribution in [0.1, 0.15) is 60.8 Å². The molecular formula is C44H47N3O9. The number of allylic oxidation sites excluding steroid dienone is 1. The molecule has 7 fully saturated rings. The van der Waals surface area contributed by atoms with Crippen LogP contribution in [-0.4, -0.2) is 101 Å². The van der Waals surface area contributed by atoms with Gasteiger partial charge < -0.3 is 34.3 Å². The van der Waals surface area contributed by atoms with E-state index in [0.717, 1.165) is 41.5 Å². The first kappa shape index (κ1) is 35.9. The fraction of sp³-hybridized carbons (Fsp3) is 0.477. The van der Waals surface area contributed by atoms with Gasteiger partial charge in [-0.05, 0) is 49.1 Å². The first-order valence-corrected chi connectivity index (χ1v) is 20.1. The number of ether oxygens (including phenoxy) is 4. The fourth-order valence-electron chi connectivity index (χ4n) is 10.3.